The number of ether oxygens (including phenoxy) is 2. The lowest BCUT2D eigenvalue weighted by atomic mass is 9.77. The van der Waals surface area contributed by atoms with Gasteiger partial charge in [0.25, 0.3) is 11.6 Å². The van der Waals surface area contributed by atoms with Crippen LogP contribution in [0.25, 0.3) is 0 Å². The number of carbonyl (C=O) groups excluding carboxylic acids is 3. The summed E-state index contributed by atoms with van der Waals surface area (Å²) >= 11 is 0. The molecule has 9 nitrogen and oxygen atoms in total. The highest BCUT2D eigenvalue weighted by Crippen LogP contribution is 2.50. The molecule has 4 atom stereocenters. The number of hydrogen-bond donors (Lipinski definition) is 1. The molecule has 1 aromatic rings. The molecule has 0 aliphatic carbocycles. The minimum Gasteiger partial charge on any atom is -0.393 e. The Kier molecular flexibility index (Phi) is 3.22. The number of nitro groups is 1. The number of hydrogen-bond acceptors (Lipinski definition) is 7. The third kappa shape index (κ3) is 2.16. The van der Waals surface area contributed by atoms with Crippen LogP contribution in [0, 0.1) is 22.0 Å². The molecule has 0 saturated carbocycles. The van der Waals surface area contributed by atoms with Gasteiger partial charge in [-0.25, -0.2) is 0 Å². The molecular weight excluding hydrogens is 332 g/mol. The molecule has 4 rings (SSSR count). The average molecular weight is 344 g/mol. The van der Waals surface area contributed by atoms with E-state index in [0.717, 1.165) is 0 Å². The van der Waals surface area contributed by atoms with Crippen LogP contribution in [0.3, 0.4) is 0 Å². The van der Waals surface area contributed by atoms with Crippen LogP contribution < -0.4 is 5.32 Å². The van der Waals surface area contributed by atoms with Crippen molar-refractivity contribution in [3.8, 4) is 0 Å². The van der Waals surface area contributed by atoms with E-state index in [4.69, 9.17) is 4.74 Å². The van der Waals surface area contributed by atoms with Gasteiger partial charge in [0.2, 0.25) is 0 Å². The highest BCUT2D eigenvalue weighted by molar-refractivity contribution is 6.00. The lowest BCUT2D eigenvalue weighted by Crippen LogP contribution is -2.47. The number of carbonyl (C=O) groups is 3. The number of amides is 1. The van der Waals surface area contributed by atoms with Crippen LogP contribution >= 0.6 is 0 Å². The number of esters is 2. The first-order chi connectivity index (χ1) is 11.9. The van der Waals surface area contributed by atoms with Crippen molar-refractivity contribution in [2.24, 2.45) is 11.8 Å². The molecule has 3 aliphatic heterocycles. The molecule has 3 heterocycles. The van der Waals surface area contributed by atoms with Crippen molar-refractivity contribution < 1.29 is 28.8 Å². The second kappa shape index (κ2) is 5.21. The van der Waals surface area contributed by atoms with Gasteiger partial charge in [0.15, 0.2) is 0 Å². The van der Waals surface area contributed by atoms with Gasteiger partial charge in [-0.1, -0.05) is 24.3 Å². The number of benzene rings is 1. The van der Waals surface area contributed by atoms with E-state index in [1.807, 2.05) is 0 Å². The van der Waals surface area contributed by atoms with Gasteiger partial charge in [-0.05, 0) is 6.07 Å². The fraction of sp³-hybridized carbons (Fsp3) is 0.312. The topological polar surface area (TPSA) is 125 Å². The molecule has 1 N–H and O–H groups in total. The maximum Gasteiger partial charge on any atom is 0.320 e. The Hall–Kier alpha value is -3.07. The van der Waals surface area contributed by atoms with Gasteiger partial charge in [0.05, 0.1) is 17.6 Å². The van der Waals surface area contributed by atoms with Crippen molar-refractivity contribution >= 4 is 23.5 Å². The van der Waals surface area contributed by atoms with Gasteiger partial charge in [0.1, 0.15) is 23.0 Å². The lowest BCUT2D eigenvalue weighted by Gasteiger charge is -2.27. The SMILES string of the molecule is O=C(NC[C@]12C=C[C@H](O1)[C@H]1C(=O)OC(=O)[C@@H]12)c1ccccc1[N+](=O)[O-]. The maximum absolute atomic E-state index is 12.4. The first-order valence-corrected chi connectivity index (χ1v) is 7.57. The Balaban J connectivity index is 1.55. The minimum absolute atomic E-state index is 0.0953. The summed E-state index contributed by atoms with van der Waals surface area (Å²) in [4.78, 5) is 46.5. The van der Waals surface area contributed by atoms with Gasteiger partial charge in [0, 0.05) is 6.07 Å². The van der Waals surface area contributed by atoms with Crippen molar-refractivity contribution in [3.63, 3.8) is 0 Å². The molecule has 25 heavy (non-hydrogen) atoms. The van der Waals surface area contributed by atoms with Crippen LogP contribution in [0.4, 0.5) is 5.69 Å². The zero-order valence-corrected chi connectivity index (χ0v) is 12.7. The number of cyclic esters (lactones) is 2. The average Bonchev–Trinajstić information content (AvgIpc) is 3.24. The van der Waals surface area contributed by atoms with Crippen LogP contribution in [0.15, 0.2) is 36.4 Å². The Morgan fingerprint density at radius 2 is 2.04 bits per heavy atom. The summed E-state index contributed by atoms with van der Waals surface area (Å²) in [7, 11) is 0. The van der Waals surface area contributed by atoms with E-state index >= 15 is 0 Å². The molecule has 128 valence electrons. The van der Waals surface area contributed by atoms with E-state index in [1.165, 1.54) is 24.3 Å². The van der Waals surface area contributed by atoms with Crippen molar-refractivity contribution in [2.75, 3.05) is 6.54 Å². The van der Waals surface area contributed by atoms with Crippen LogP contribution in [0.2, 0.25) is 0 Å². The predicted octanol–water partition coefficient (Wildman–Crippen LogP) is 0.348. The van der Waals surface area contributed by atoms with Gasteiger partial charge in [-0.3, -0.25) is 24.5 Å². The second-order valence-corrected chi connectivity index (χ2v) is 6.10. The summed E-state index contributed by atoms with van der Waals surface area (Å²) in [5.41, 5.74) is -1.59. The van der Waals surface area contributed by atoms with E-state index in [1.54, 1.807) is 12.2 Å². The number of fused-ring (bicyclic) bond motifs is 5. The number of para-hydroxylation sites is 1. The highest BCUT2D eigenvalue weighted by atomic mass is 16.6. The predicted molar refractivity (Wildman–Crippen MR) is 80.3 cm³/mol. The summed E-state index contributed by atoms with van der Waals surface area (Å²) in [5, 5.41) is 13.6. The van der Waals surface area contributed by atoms with Crippen molar-refractivity contribution in [1.82, 2.24) is 5.32 Å². The number of rotatable bonds is 4. The number of nitrogens with one attached hydrogen (secondary N) is 1. The van der Waals surface area contributed by atoms with E-state index in [9.17, 15) is 24.5 Å². The quantitative estimate of drug-likeness (QED) is 0.275. The van der Waals surface area contributed by atoms with E-state index in [0.29, 0.717) is 0 Å². The van der Waals surface area contributed by atoms with E-state index in [-0.39, 0.29) is 17.8 Å². The fourth-order valence-corrected chi connectivity index (χ4v) is 3.65. The molecule has 2 bridgehead atoms. The summed E-state index contributed by atoms with van der Waals surface area (Å²) in [6, 6.07) is 5.54. The van der Waals surface area contributed by atoms with Gasteiger partial charge in [-0.2, -0.15) is 0 Å². The van der Waals surface area contributed by atoms with Crippen molar-refractivity contribution in [2.45, 2.75) is 11.7 Å². The monoisotopic (exact) mass is 344 g/mol. The Morgan fingerprint density at radius 1 is 1.28 bits per heavy atom. The molecule has 0 spiro atoms. The van der Waals surface area contributed by atoms with Gasteiger partial charge >= 0.3 is 11.9 Å². The Morgan fingerprint density at radius 3 is 2.80 bits per heavy atom. The molecule has 2 fully saturated rings. The lowest BCUT2D eigenvalue weighted by molar-refractivity contribution is -0.385. The van der Waals surface area contributed by atoms with Crippen LogP contribution in [-0.4, -0.2) is 41.0 Å². The van der Waals surface area contributed by atoms with Crippen molar-refractivity contribution in [1.29, 1.82) is 0 Å². The fourth-order valence-electron chi connectivity index (χ4n) is 3.65. The maximum atomic E-state index is 12.4. The third-order valence-corrected chi connectivity index (χ3v) is 4.76. The number of nitro benzene ring substituents is 1. The largest absolute Gasteiger partial charge is 0.393 e. The summed E-state index contributed by atoms with van der Waals surface area (Å²) in [5.74, 6) is -3.50. The second-order valence-electron chi connectivity index (χ2n) is 6.10. The first-order valence-electron chi connectivity index (χ1n) is 7.57. The molecule has 0 unspecified atom stereocenters. The summed E-state index contributed by atoms with van der Waals surface area (Å²) in [6.07, 6.45) is 2.74. The van der Waals surface area contributed by atoms with E-state index in [2.05, 4.69) is 10.1 Å². The smallest absolute Gasteiger partial charge is 0.320 e. The zero-order chi connectivity index (χ0) is 17.8. The van der Waals surface area contributed by atoms with Gasteiger partial charge < -0.3 is 14.8 Å². The summed E-state index contributed by atoms with van der Waals surface area (Å²) in [6.45, 7) is -0.103. The molecule has 1 aromatic carbocycles. The first kappa shape index (κ1) is 15.5. The summed E-state index contributed by atoms with van der Waals surface area (Å²) < 4.78 is 10.4. The normalized spacial score (nSPS) is 31.8. The third-order valence-electron chi connectivity index (χ3n) is 4.76. The van der Waals surface area contributed by atoms with Crippen LogP contribution in [-0.2, 0) is 19.1 Å². The highest BCUT2D eigenvalue weighted by Gasteiger charge is 2.67. The molecule has 3 aliphatic rings. The Labute approximate surface area is 140 Å². The van der Waals surface area contributed by atoms with Crippen LogP contribution in [0.5, 0.6) is 0 Å². The van der Waals surface area contributed by atoms with Gasteiger partial charge in [-0.15, -0.1) is 0 Å². The van der Waals surface area contributed by atoms with E-state index < -0.39 is 46.3 Å². The molecule has 0 aromatic heterocycles. The standard InChI is InChI=1S/C16H12N2O7/c19-13(8-3-1-2-4-9(8)18(22)23)17-7-16-6-5-10(25-16)11-12(16)15(21)24-14(11)20/h1-6,10-12H,7H2,(H,17,19)/t10-,11+,12+,16-/m0/s1. The molecule has 0 radical (unpaired) electrons. The van der Waals surface area contributed by atoms with Crippen LogP contribution in [0.1, 0.15) is 10.4 Å². The Bertz CT molecular complexity index is 849. The zero-order valence-electron chi connectivity index (χ0n) is 12.7. The molecular formula is C16H12N2O7. The molecule has 2 saturated heterocycles. The molecule has 1 amide bonds. The minimum atomic E-state index is -1.17. The van der Waals surface area contributed by atoms with Crippen molar-refractivity contribution in [3.05, 3.63) is 52.1 Å². The number of nitrogens with zero attached hydrogens (tertiary/aromatic N) is 1. The molecule has 9 heteroatoms.